The predicted molar refractivity (Wildman–Crippen MR) is 104 cm³/mol. The standard InChI is InChI=1S/C18H18N6S/c1-11-17(18(19)24(23-11)14-6-4-3-5-7-14)22-21-13-8-9-16-15(10-13)20-12(2)25-16/h3-10,21-22H,19H2,1-2H3. The predicted octanol–water partition coefficient (Wildman–Crippen LogP) is 4.12. The highest BCUT2D eigenvalue weighted by atomic mass is 32.1. The first-order chi connectivity index (χ1) is 12.1. The zero-order valence-electron chi connectivity index (χ0n) is 13.9. The summed E-state index contributed by atoms with van der Waals surface area (Å²) in [6.45, 7) is 3.94. The van der Waals surface area contributed by atoms with Crippen LogP contribution in [0.2, 0.25) is 0 Å². The molecule has 0 aliphatic rings. The Labute approximate surface area is 149 Å². The molecule has 0 saturated heterocycles. The van der Waals surface area contributed by atoms with Crippen LogP contribution in [0.5, 0.6) is 0 Å². The van der Waals surface area contributed by atoms with E-state index in [1.807, 2.05) is 56.3 Å². The molecule has 7 heteroatoms. The van der Waals surface area contributed by atoms with Crippen LogP contribution in [0.4, 0.5) is 17.2 Å². The third-order valence-corrected chi connectivity index (χ3v) is 4.88. The number of hydrogen-bond donors (Lipinski definition) is 3. The highest BCUT2D eigenvalue weighted by Crippen LogP contribution is 2.27. The first-order valence-corrected chi connectivity index (χ1v) is 8.73. The summed E-state index contributed by atoms with van der Waals surface area (Å²) in [4.78, 5) is 4.52. The van der Waals surface area contributed by atoms with Crippen LogP contribution < -0.4 is 16.6 Å². The van der Waals surface area contributed by atoms with Crippen molar-refractivity contribution < 1.29 is 0 Å². The van der Waals surface area contributed by atoms with E-state index in [0.717, 1.165) is 33.3 Å². The molecule has 2 heterocycles. The molecule has 0 aliphatic heterocycles. The Kier molecular flexibility index (Phi) is 3.77. The molecular weight excluding hydrogens is 332 g/mol. The molecule has 0 bridgehead atoms. The van der Waals surface area contributed by atoms with Crippen molar-refractivity contribution in [3.05, 3.63) is 59.2 Å². The lowest BCUT2D eigenvalue weighted by Gasteiger charge is -2.10. The first-order valence-electron chi connectivity index (χ1n) is 7.91. The van der Waals surface area contributed by atoms with Crippen LogP contribution in [-0.4, -0.2) is 14.8 Å². The lowest BCUT2D eigenvalue weighted by molar-refractivity contribution is 0.872. The minimum Gasteiger partial charge on any atom is -0.382 e. The highest BCUT2D eigenvalue weighted by Gasteiger charge is 2.13. The van der Waals surface area contributed by atoms with Gasteiger partial charge in [-0.3, -0.25) is 5.43 Å². The number of nitrogens with one attached hydrogen (secondary N) is 2. The summed E-state index contributed by atoms with van der Waals surface area (Å²) >= 11 is 1.69. The van der Waals surface area contributed by atoms with E-state index in [1.54, 1.807) is 16.0 Å². The van der Waals surface area contributed by atoms with E-state index in [0.29, 0.717) is 5.82 Å². The van der Waals surface area contributed by atoms with E-state index in [2.05, 4.69) is 27.0 Å². The van der Waals surface area contributed by atoms with E-state index in [1.165, 1.54) is 4.70 Å². The van der Waals surface area contributed by atoms with Crippen LogP contribution in [-0.2, 0) is 0 Å². The number of anilines is 3. The van der Waals surface area contributed by atoms with Gasteiger partial charge in [-0.15, -0.1) is 11.3 Å². The third-order valence-electron chi connectivity index (χ3n) is 3.92. The van der Waals surface area contributed by atoms with Gasteiger partial charge in [-0.05, 0) is 44.2 Å². The molecule has 0 unspecified atom stereocenters. The van der Waals surface area contributed by atoms with Crippen molar-refractivity contribution in [1.29, 1.82) is 0 Å². The third kappa shape index (κ3) is 2.89. The Hall–Kier alpha value is -3.06. The molecule has 0 aliphatic carbocycles. The smallest absolute Gasteiger partial charge is 0.152 e. The second-order valence-electron chi connectivity index (χ2n) is 5.76. The van der Waals surface area contributed by atoms with E-state index >= 15 is 0 Å². The number of hydrogen-bond acceptors (Lipinski definition) is 6. The molecule has 0 radical (unpaired) electrons. The molecule has 4 aromatic rings. The van der Waals surface area contributed by atoms with E-state index in [9.17, 15) is 0 Å². The second kappa shape index (κ2) is 6.10. The van der Waals surface area contributed by atoms with Crippen LogP contribution in [0.1, 0.15) is 10.7 Å². The number of fused-ring (bicyclic) bond motifs is 1. The van der Waals surface area contributed by atoms with Crippen molar-refractivity contribution in [3.63, 3.8) is 0 Å². The largest absolute Gasteiger partial charge is 0.382 e. The number of aryl methyl sites for hydroxylation is 2. The van der Waals surface area contributed by atoms with Crippen molar-refractivity contribution in [1.82, 2.24) is 14.8 Å². The summed E-state index contributed by atoms with van der Waals surface area (Å²) in [7, 11) is 0. The Bertz CT molecular complexity index is 1030. The van der Waals surface area contributed by atoms with Crippen molar-refractivity contribution in [2.75, 3.05) is 16.6 Å². The minimum absolute atomic E-state index is 0.557. The normalized spacial score (nSPS) is 11.0. The monoisotopic (exact) mass is 350 g/mol. The summed E-state index contributed by atoms with van der Waals surface area (Å²) in [5, 5.41) is 5.58. The summed E-state index contributed by atoms with van der Waals surface area (Å²) in [6.07, 6.45) is 0. The van der Waals surface area contributed by atoms with Crippen molar-refractivity contribution >= 4 is 38.7 Å². The quantitative estimate of drug-likeness (QED) is 0.482. The van der Waals surface area contributed by atoms with Gasteiger partial charge < -0.3 is 11.2 Å². The number of para-hydroxylation sites is 1. The van der Waals surface area contributed by atoms with Crippen LogP contribution in [0.25, 0.3) is 15.9 Å². The molecular formula is C18H18N6S. The van der Waals surface area contributed by atoms with Gasteiger partial charge >= 0.3 is 0 Å². The van der Waals surface area contributed by atoms with Gasteiger partial charge in [-0.2, -0.15) is 5.10 Å². The molecule has 4 rings (SSSR count). The summed E-state index contributed by atoms with van der Waals surface area (Å²) in [5.74, 6) is 0.557. The molecule has 0 atom stereocenters. The number of aromatic nitrogens is 3. The van der Waals surface area contributed by atoms with Gasteiger partial charge in [0.25, 0.3) is 0 Å². The fourth-order valence-electron chi connectivity index (χ4n) is 2.72. The Balaban J connectivity index is 1.59. The van der Waals surface area contributed by atoms with Crippen molar-refractivity contribution in [3.8, 4) is 5.69 Å². The second-order valence-corrected chi connectivity index (χ2v) is 6.99. The SMILES string of the molecule is Cc1nc2cc(NNc3c(C)nn(-c4ccccc4)c3N)ccc2s1. The maximum Gasteiger partial charge on any atom is 0.152 e. The molecule has 4 N–H and O–H groups in total. The molecule has 25 heavy (non-hydrogen) atoms. The van der Waals surface area contributed by atoms with E-state index in [-0.39, 0.29) is 0 Å². The number of nitrogens with zero attached hydrogens (tertiary/aromatic N) is 3. The minimum atomic E-state index is 0.557. The Morgan fingerprint density at radius 1 is 1.04 bits per heavy atom. The van der Waals surface area contributed by atoms with Gasteiger partial charge in [0.05, 0.1) is 32.3 Å². The average Bonchev–Trinajstić information content (AvgIpc) is 3.12. The maximum absolute atomic E-state index is 6.28. The van der Waals surface area contributed by atoms with Gasteiger partial charge in [0.15, 0.2) is 5.82 Å². The maximum atomic E-state index is 6.28. The fourth-order valence-corrected chi connectivity index (χ4v) is 3.53. The number of nitrogens with two attached hydrogens (primary N) is 1. The zero-order chi connectivity index (χ0) is 17.4. The Morgan fingerprint density at radius 3 is 2.64 bits per heavy atom. The van der Waals surface area contributed by atoms with Crippen LogP contribution in [0.3, 0.4) is 0 Å². The first kappa shape index (κ1) is 15.5. The molecule has 0 spiro atoms. The van der Waals surface area contributed by atoms with Gasteiger partial charge in [0.1, 0.15) is 5.69 Å². The molecule has 0 saturated carbocycles. The summed E-state index contributed by atoms with van der Waals surface area (Å²) in [6, 6.07) is 15.9. The van der Waals surface area contributed by atoms with Crippen LogP contribution in [0, 0.1) is 13.8 Å². The zero-order valence-corrected chi connectivity index (χ0v) is 14.8. The molecule has 2 aromatic heterocycles. The van der Waals surface area contributed by atoms with Gasteiger partial charge in [-0.25, -0.2) is 9.67 Å². The van der Waals surface area contributed by atoms with Crippen LogP contribution >= 0.6 is 11.3 Å². The number of rotatable bonds is 4. The van der Waals surface area contributed by atoms with Gasteiger partial charge in [-0.1, -0.05) is 18.2 Å². The lowest BCUT2D eigenvalue weighted by Crippen LogP contribution is -2.11. The number of benzene rings is 2. The van der Waals surface area contributed by atoms with E-state index < -0.39 is 0 Å². The summed E-state index contributed by atoms with van der Waals surface area (Å²) in [5.41, 5.74) is 17.1. The van der Waals surface area contributed by atoms with Crippen molar-refractivity contribution in [2.45, 2.75) is 13.8 Å². The highest BCUT2D eigenvalue weighted by molar-refractivity contribution is 7.18. The molecule has 0 amide bonds. The number of thiazole rings is 1. The van der Waals surface area contributed by atoms with Gasteiger partial charge in [0.2, 0.25) is 0 Å². The number of nitrogen functional groups attached to an aromatic ring is 1. The molecule has 0 fully saturated rings. The topological polar surface area (TPSA) is 80.8 Å². The van der Waals surface area contributed by atoms with Crippen molar-refractivity contribution in [2.24, 2.45) is 0 Å². The van der Waals surface area contributed by atoms with E-state index in [4.69, 9.17) is 5.73 Å². The summed E-state index contributed by atoms with van der Waals surface area (Å²) < 4.78 is 2.91. The fraction of sp³-hybridized carbons (Fsp3) is 0.111. The van der Waals surface area contributed by atoms with Crippen LogP contribution in [0.15, 0.2) is 48.5 Å². The Morgan fingerprint density at radius 2 is 1.84 bits per heavy atom. The average molecular weight is 350 g/mol. The molecule has 126 valence electrons. The van der Waals surface area contributed by atoms with Gasteiger partial charge in [0, 0.05) is 0 Å². The molecule has 6 nitrogen and oxygen atoms in total. The lowest BCUT2D eigenvalue weighted by atomic mass is 10.3. The molecule has 2 aromatic carbocycles. The number of hydrazine groups is 1.